The molecule has 0 spiro atoms. The normalized spacial score (nSPS) is 21.9. The molecule has 2 heterocycles. The van der Waals surface area contributed by atoms with Gasteiger partial charge in [-0.3, -0.25) is 4.79 Å². The van der Waals surface area contributed by atoms with Gasteiger partial charge in [0.25, 0.3) is 0 Å². The lowest BCUT2D eigenvalue weighted by molar-refractivity contribution is -0.140. The van der Waals surface area contributed by atoms with Crippen molar-refractivity contribution in [3.05, 3.63) is 21.9 Å². The van der Waals surface area contributed by atoms with Crippen LogP contribution in [-0.2, 0) is 20.7 Å². The summed E-state index contributed by atoms with van der Waals surface area (Å²) in [6.45, 7) is 2.02. The number of fused-ring (bicyclic) bond motifs is 1. The highest BCUT2D eigenvalue weighted by molar-refractivity contribution is 7.10. The first-order valence-corrected chi connectivity index (χ1v) is 8.11. The highest BCUT2D eigenvalue weighted by Crippen LogP contribution is 2.48. The Hall–Kier alpha value is -0.910. The van der Waals surface area contributed by atoms with Crippen molar-refractivity contribution in [3.63, 3.8) is 0 Å². The Kier molecular flexibility index (Phi) is 4.38. The van der Waals surface area contributed by atoms with Gasteiger partial charge in [-0.15, -0.1) is 11.3 Å². The van der Waals surface area contributed by atoms with Crippen molar-refractivity contribution in [2.45, 2.75) is 25.3 Å². The SMILES string of the molecule is COCCOCC(=O)N1CCc2sccc2C1C1CC1. The molecule has 110 valence electrons. The van der Waals surface area contributed by atoms with Crippen molar-refractivity contribution in [1.29, 1.82) is 0 Å². The molecule has 2 aliphatic rings. The molecule has 1 aliphatic heterocycles. The maximum Gasteiger partial charge on any atom is 0.249 e. The fourth-order valence-corrected chi connectivity index (χ4v) is 3.84. The van der Waals surface area contributed by atoms with E-state index in [9.17, 15) is 4.79 Å². The van der Waals surface area contributed by atoms with Crippen LogP contribution in [-0.4, -0.2) is 44.3 Å². The van der Waals surface area contributed by atoms with E-state index >= 15 is 0 Å². The summed E-state index contributed by atoms with van der Waals surface area (Å²) >= 11 is 1.83. The van der Waals surface area contributed by atoms with Crippen LogP contribution in [0.2, 0.25) is 0 Å². The average molecular weight is 295 g/mol. The molecule has 20 heavy (non-hydrogen) atoms. The highest BCUT2D eigenvalue weighted by atomic mass is 32.1. The minimum atomic E-state index is 0.120. The van der Waals surface area contributed by atoms with Crippen LogP contribution in [0.15, 0.2) is 11.4 Å². The third-order valence-electron chi connectivity index (χ3n) is 4.06. The van der Waals surface area contributed by atoms with E-state index in [2.05, 4.69) is 11.4 Å². The van der Waals surface area contributed by atoms with E-state index in [1.54, 1.807) is 7.11 Å². The molecule has 1 amide bonds. The highest BCUT2D eigenvalue weighted by Gasteiger charge is 2.41. The van der Waals surface area contributed by atoms with Gasteiger partial charge in [-0.25, -0.2) is 0 Å². The maximum absolute atomic E-state index is 12.4. The van der Waals surface area contributed by atoms with Gasteiger partial charge >= 0.3 is 0 Å². The molecular formula is C15H21NO3S. The van der Waals surface area contributed by atoms with Crippen LogP contribution in [0.3, 0.4) is 0 Å². The lowest BCUT2D eigenvalue weighted by Gasteiger charge is -2.36. The third kappa shape index (κ3) is 2.90. The number of nitrogens with zero attached hydrogens (tertiary/aromatic N) is 1. The summed E-state index contributed by atoms with van der Waals surface area (Å²) in [5.41, 5.74) is 1.38. The predicted molar refractivity (Wildman–Crippen MR) is 77.9 cm³/mol. The molecule has 1 unspecified atom stereocenters. The molecule has 0 saturated heterocycles. The van der Waals surface area contributed by atoms with Crippen LogP contribution in [0.5, 0.6) is 0 Å². The molecule has 0 bridgehead atoms. The minimum absolute atomic E-state index is 0.120. The van der Waals surface area contributed by atoms with E-state index in [0.717, 1.165) is 13.0 Å². The van der Waals surface area contributed by atoms with Crippen molar-refractivity contribution in [2.24, 2.45) is 5.92 Å². The smallest absolute Gasteiger partial charge is 0.249 e. The second kappa shape index (κ2) is 6.24. The first kappa shape index (κ1) is 14.0. The molecule has 1 aliphatic carbocycles. The monoisotopic (exact) mass is 295 g/mol. The van der Waals surface area contributed by atoms with Gasteiger partial charge in [0.15, 0.2) is 0 Å². The average Bonchev–Trinajstić information content (AvgIpc) is 3.18. The van der Waals surface area contributed by atoms with Gasteiger partial charge in [-0.05, 0) is 42.2 Å². The van der Waals surface area contributed by atoms with Gasteiger partial charge in [-0.2, -0.15) is 0 Å². The number of amides is 1. The number of rotatable bonds is 6. The van der Waals surface area contributed by atoms with Crippen LogP contribution in [0.25, 0.3) is 0 Å². The van der Waals surface area contributed by atoms with Crippen molar-refractivity contribution in [1.82, 2.24) is 4.90 Å². The number of methoxy groups -OCH3 is 1. The molecule has 1 aromatic rings. The van der Waals surface area contributed by atoms with Gasteiger partial charge in [0.2, 0.25) is 5.91 Å². The molecule has 0 radical (unpaired) electrons. The molecule has 1 fully saturated rings. The Labute approximate surface area is 123 Å². The van der Waals surface area contributed by atoms with Crippen molar-refractivity contribution in [3.8, 4) is 0 Å². The summed E-state index contributed by atoms with van der Waals surface area (Å²) in [6, 6.07) is 2.50. The van der Waals surface area contributed by atoms with E-state index in [4.69, 9.17) is 9.47 Å². The number of carbonyl (C=O) groups excluding carboxylic acids is 1. The number of ether oxygens (including phenoxy) is 2. The number of thiophene rings is 1. The van der Waals surface area contributed by atoms with E-state index in [1.165, 1.54) is 23.3 Å². The van der Waals surface area contributed by atoms with E-state index in [1.807, 2.05) is 16.2 Å². The van der Waals surface area contributed by atoms with Crippen molar-refractivity contribution in [2.75, 3.05) is 33.5 Å². The molecule has 1 saturated carbocycles. The number of carbonyl (C=O) groups is 1. The fourth-order valence-electron chi connectivity index (χ4n) is 2.93. The summed E-state index contributed by atoms with van der Waals surface area (Å²) < 4.78 is 10.3. The fraction of sp³-hybridized carbons (Fsp3) is 0.667. The van der Waals surface area contributed by atoms with Crippen molar-refractivity contribution >= 4 is 17.2 Å². The summed E-state index contributed by atoms with van der Waals surface area (Å²) in [6.07, 6.45) is 3.47. The van der Waals surface area contributed by atoms with Crippen LogP contribution in [0.4, 0.5) is 0 Å². The lowest BCUT2D eigenvalue weighted by Crippen LogP contribution is -2.42. The topological polar surface area (TPSA) is 38.8 Å². The number of hydrogen-bond donors (Lipinski definition) is 0. The molecule has 5 heteroatoms. The molecule has 4 nitrogen and oxygen atoms in total. The predicted octanol–water partition coefficient (Wildman–Crippen LogP) is 2.25. The molecule has 1 atom stereocenters. The Balaban J connectivity index is 1.65. The Morgan fingerprint density at radius 3 is 3.05 bits per heavy atom. The molecule has 0 aromatic carbocycles. The molecule has 0 N–H and O–H groups in total. The second-order valence-electron chi connectivity index (χ2n) is 5.46. The summed E-state index contributed by atoms with van der Waals surface area (Å²) in [4.78, 5) is 15.9. The molecule has 1 aromatic heterocycles. The van der Waals surface area contributed by atoms with Gasteiger partial charge in [0.05, 0.1) is 19.3 Å². The van der Waals surface area contributed by atoms with Crippen LogP contribution >= 0.6 is 11.3 Å². The van der Waals surface area contributed by atoms with Crippen LogP contribution in [0.1, 0.15) is 29.3 Å². The van der Waals surface area contributed by atoms with Gasteiger partial charge in [0.1, 0.15) is 6.61 Å². The Morgan fingerprint density at radius 2 is 2.30 bits per heavy atom. The maximum atomic E-state index is 12.4. The zero-order chi connectivity index (χ0) is 13.9. The quantitative estimate of drug-likeness (QED) is 0.756. The standard InChI is InChI=1S/C15H21NO3S/c1-18-7-8-19-10-14(17)16-6-4-13-12(5-9-20-13)15(16)11-2-3-11/h5,9,11,15H,2-4,6-8,10H2,1H3. The Morgan fingerprint density at radius 1 is 1.45 bits per heavy atom. The Bertz CT molecular complexity index is 469. The summed E-state index contributed by atoms with van der Waals surface area (Å²) in [5, 5.41) is 2.16. The van der Waals surface area contributed by atoms with E-state index < -0.39 is 0 Å². The zero-order valence-corrected chi connectivity index (χ0v) is 12.7. The third-order valence-corrected chi connectivity index (χ3v) is 5.06. The summed E-state index contributed by atoms with van der Waals surface area (Å²) in [7, 11) is 1.64. The molecule has 3 rings (SSSR count). The minimum Gasteiger partial charge on any atom is -0.382 e. The molecular weight excluding hydrogens is 274 g/mol. The van der Waals surface area contributed by atoms with Crippen LogP contribution < -0.4 is 0 Å². The van der Waals surface area contributed by atoms with Crippen LogP contribution in [0, 0.1) is 5.92 Å². The van der Waals surface area contributed by atoms with E-state index in [-0.39, 0.29) is 12.5 Å². The number of hydrogen-bond acceptors (Lipinski definition) is 4. The van der Waals surface area contributed by atoms with Crippen molar-refractivity contribution < 1.29 is 14.3 Å². The van der Waals surface area contributed by atoms with E-state index in [0.29, 0.717) is 25.2 Å². The van der Waals surface area contributed by atoms with Gasteiger partial charge in [-0.1, -0.05) is 0 Å². The summed E-state index contributed by atoms with van der Waals surface area (Å²) in [5.74, 6) is 0.779. The second-order valence-corrected chi connectivity index (χ2v) is 6.46. The van der Waals surface area contributed by atoms with Gasteiger partial charge in [0, 0.05) is 18.5 Å². The first-order chi connectivity index (χ1) is 9.81. The zero-order valence-electron chi connectivity index (χ0n) is 11.8. The lowest BCUT2D eigenvalue weighted by atomic mass is 9.96. The van der Waals surface area contributed by atoms with Gasteiger partial charge < -0.3 is 14.4 Å². The largest absolute Gasteiger partial charge is 0.382 e. The first-order valence-electron chi connectivity index (χ1n) is 7.23.